The molecule has 2 rings (SSSR count). The van der Waals surface area contributed by atoms with Crippen LogP contribution in [0.3, 0.4) is 0 Å². The minimum Gasteiger partial charge on any atom is -0.367 e. The Labute approximate surface area is 192 Å². The SMILES string of the molecule is CN=C(NCCN1CCS(=O)(=O)CC1)NCc1ccc(COCC(F)(F)F)cc1.I. The van der Waals surface area contributed by atoms with E-state index in [4.69, 9.17) is 0 Å². The van der Waals surface area contributed by atoms with Crippen LogP contribution in [0.25, 0.3) is 0 Å². The number of halogens is 4. The Balaban J connectivity index is 0.00000450. The second-order valence-electron chi connectivity index (χ2n) is 6.77. The second-order valence-corrected chi connectivity index (χ2v) is 9.07. The summed E-state index contributed by atoms with van der Waals surface area (Å²) in [4.78, 5) is 6.24. The lowest BCUT2D eigenvalue weighted by Crippen LogP contribution is -2.45. The number of ether oxygens (including phenoxy) is 1. The predicted octanol–water partition coefficient (Wildman–Crippen LogP) is 1.78. The Bertz CT molecular complexity index is 760. The molecule has 7 nitrogen and oxygen atoms in total. The minimum absolute atomic E-state index is 0. The molecule has 1 aromatic rings. The number of alkyl halides is 3. The van der Waals surface area contributed by atoms with E-state index in [1.165, 1.54) is 0 Å². The van der Waals surface area contributed by atoms with Crippen LogP contribution >= 0.6 is 24.0 Å². The summed E-state index contributed by atoms with van der Waals surface area (Å²) in [7, 11) is -1.22. The van der Waals surface area contributed by atoms with E-state index < -0.39 is 22.6 Å². The van der Waals surface area contributed by atoms with Gasteiger partial charge in [-0.3, -0.25) is 9.89 Å². The van der Waals surface area contributed by atoms with Gasteiger partial charge in [0.2, 0.25) is 0 Å². The molecule has 0 radical (unpaired) electrons. The van der Waals surface area contributed by atoms with Crippen molar-refractivity contribution in [3.63, 3.8) is 0 Å². The standard InChI is InChI=1S/C18H27F3N4O3S.HI/c1-22-17(23-6-7-25-8-10-29(26,27)11-9-25)24-12-15-2-4-16(5-3-15)13-28-14-18(19,20)21;/h2-5H,6-14H2,1H3,(H2,22,23,24);1H. The molecule has 0 amide bonds. The Hall–Kier alpha value is -1.12. The first kappa shape index (κ1) is 26.9. The van der Waals surface area contributed by atoms with Crippen LogP contribution in [0.15, 0.2) is 29.3 Å². The van der Waals surface area contributed by atoms with E-state index in [2.05, 4.69) is 25.3 Å². The van der Waals surface area contributed by atoms with Crippen LogP contribution < -0.4 is 10.6 Å². The van der Waals surface area contributed by atoms with Gasteiger partial charge in [0.1, 0.15) is 6.61 Å². The van der Waals surface area contributed by atoms with Gasteiger partial charge in [-0.15, -0.1) is 24.0 Å². The normalized spacial score (nSPS) is 17.3. The molecule has 1 aliphatic rings. The molecule has 0 saturated carbocycles. The summed E-state index contributed by atoms with van der Waals surface area (Å²) < 4.78 is 63.7. The van der Waals surface area contributed by atoms with Crippen LogP contribution in [-0.2, 0) is 27.7 Å². The Morgan fingerprint density at radius 1 is 1.13 bits per heavy atom. The highest BCUT2D eigenvalue weighted by molar-refractivity contribution is 14.0. The van der Waals surface area contributed by atoms with Gasteiger partial charge in [-0.2, -0.15) is 13.2 Å². The molecule has 1 aliphatic heterocycles. The third kappa shape index (κ3) is 10.8. The first-order valence-corrected chi connectivity index (χ1v) is 11.1. The van der Waals surface area contributed by atoms with E-state index in [0.29, 0.717) is 37.7 Å². The fourth-order valence-electron chi connectivity index (χ4n) is 2.75. The molecule has 12 heteroatoms. The maximum atomic E-state index is 12.1. The fourth-order valence-corrected chi connectivity index (χ4v) is 4.03. The lowest BCUT2D eigenvalue weighted by Gasteiger charge is -2.26. The van der Waals surface area contributed by atoms with E-state index in [1.807, 2.05) is 12.1 Å². The molecule has 0 unspecified atom stereocenters. The van der Waals surface area contributed by atoms with Gasteiger partial charge in [0.05, 0.1) is 18.1 Å². The van der Waals surface area contributed by atoms with Crippen LogP contribution in [-0.4, -0.2) is 76.8 Å². The summed E-state index contributed by atoms with van der Waals surface area (Å²) in [5.41, 5.74) is 1.62. The van der Waals surface area contributed by atoms with Crippen molar-refractivity contribution >= 4 is 39.8 Å². The molecule has 1 aromatic carbocycles. The number of aliphatic imine (C=N–C) groups is 1. The highest BCUT2D eigenvalue weighted by Gasteiger charge is 2.27. The Kier molecular flexibility index (Phi) is 11.4. The van der Waals surface area contributed by atoms with Crippen molar-refractivity contribution < 1.29 is 26.3 Å². The Morgan fingerprint density at radius 3 is 2.30 bits per heavy atom. The van der Waals surface area contributed by atoms with Crippen molar-refractivity contribution in [2.24, 2.45) is 4.99 Å². The highest BCUT2D eigenvalue weighted by Crippen LogP contribution is 2.15. The summed E-state index contributed by atoms with van der Waals surface area (Å²) in [6.45, 7) is 1.62. The third-order valence-electron chi connectivity index (χ3n) is 4.40. The van der Waals surface area contributed by atoms with Crippen molar-refractivity contribution in [3.05, 3.63) is 35.4 Å². The molecule has 2 N–H and O–H groups in total. The van der Waals surface area contributed by atoms with Gasteiger partial charge in [0, 0.05) is 39.8 Å². The van der Waals surface area contributed by atoms with Gasteiger partial charge in [-0.1, -0.05) is 24.3 Å². The van der Waals surface area contributed by atoms with E-state index >= 15 is 0 Å². The van der Waals surface area contributed by atoms with Crippen molar-refractivity contribution in [1.82, 2.24) is 15.5 Å². The highest BCUT2D eigenvalue weighted by atomic mass is 127. The maximum absolute atomic E-state index is 12.1. The molecular weight excluding hydrogens is 536 g/mol. The van der Waals surface area contributed by atoms with E-state index in [0.717, 1.165) is 12.1 Å². The first-order chi connectivity index (χ1) is 13.7. The predicted molar refractivity (Wildman–Crippen MR) is 121 cm³/mol. The molecular formula is C18H28F3IN4O3S. The van der Waals surface area contributed by atoms with Crippen molar-refractivity contribution in [1.29, 1.82) is 0 Å². The monoisotopic (exact) mass is 564 g/mol. The van der Waals surface area contributed by atoms with E-state index in [1.54, 1.807) is 19.2 Å². The molecule has 0 atom stereocenters. The first-order valence-electron chi connectivity index (χ1n) is 9.26. The summed E-state index contributed by atoms with van der Waals surface area (Å²) in [5, 5.41) is 6.35. The molecule has 0 spiro atoms. The molecule has 0 aromatic heterocycles. The van der Waals surface area contributed by atoms with Crippen molar-refractivity contribution in [3.8, 4) is 0 Å². The molecule has 1 heterocycles. The molecule has 1 fully saturated rings. The summed E-state index contributed by atoms with van der Waals surface area (Å²) in [6, 6.07) is 7.10. The molecule has 1 saturated heterocycles. The van der Waals surface area contributed by atoms with Crippen LogP contribution in [0.1, 0.15) is 11.1 Å². The molecule has 172 valence electrons. The zero-order valence-corrected chi connectivity index (χ0v) is 19.9. The topological polar surface area (TPSA) is 83.0 Å². The smallest absolute Gasteiger partial charge is 0.367 e. The van der Waals surface area contributed by atoms with Crippen molar-refractivity contribution in [2.75, 3.05) is 51.3 Å². The van der Waals surface area contributed by atoms with Gasteiger partial charge in [0.25, 0.3) is 0 Å². The Morgan fingerprint density at radius 2 is 1.73 bits per heavy atom. The quantitative estimate of drug-likeness (QED) is 0.285. The number of guanidine groups is 1. The maximum Gasteiger partial charge on any atom is 0.411 e. The largest absolute Gasteiger partial charge is 0.411 e. The van der Waals surface area contributed by atoms with Crippen LogP contribution in [0.5, 0.6) is 0 Å². The average molecular weight is 564 g/mol. The number of hydrogen-bond donors (Lipinski definition) is 2. The zero-order chi connectivity index (χ0) is 21.3. The summed E-state index contributed by atoms with van der Waals surface area (Å²) >= 11 is 0. The number of nitrogens with zero attached hydrogens (tertiary/aromatic N) is 2. The summed E-state index contributed by atoms with van der Waals surface area (Å²) in [5.74, 6) is 1.03. The molecule has 0 bridgehead atoms. The van der Waals surface area contributed by atoms with Gasteiger partial charge in [0.15, 0.2) is 15.8 Å². The number of sulfone groups is 1. The fraction of sp³-hybridized carbons (Fsp3) is 0.611. The van der Waals surface area contributed by atoms with Crippen molar-refractivity contribution in [2.45, 2.75) is 19.3 Å². The van der Waals surface area contributed by atoms with Gasteiger partial charge in [-0.05, 0) is 11.1 Å². The van der Waals surface area contributed by atoms with Gasteiger partial charge < -0.3 is 15.4 Å². The number of rotatable bonds is 8. The van der Waals surface area contributed by atoms with E-state index in [-0.39, 0.29) is 42.1 Å². The van der Waals surface area contributed by atoms with Gasteiger partial charge >= 0.3 is 6.18 Å². The second kappa shape index (κ2) is 12.7. The molecule has 0 aliphatic carbocycles. The lowest BCUT2D eigenvalue weighted by atomic mass is 10.1. The van der Waals surface area contributed by atoms with Gasteiger partial charge in [-0.25, -0.2) is 8.42 Å². The molecule has 30 heavy (non-hydrogen) atoms. The average Bonchev–Trinajstić information content (AvgIpc) is 2.66. The number of hydrogen-bond acceptors (Lipinski definition) is 5. The lowest BCUT2D eigenvalue weighted by molar-refractivity contribution is -0.176. The van der Waals surface area contributed by atoms with E-state index in [9.17, 15) is 21.6 Å². The summed E-state index contributed by atoms with van der Waals surface area (Å²) in [6.07, 6.45) is -4.32. The van der Waals surface area contributed by atoms with Crippen LogP contribution in [0.2, 0.25) is 0 Å². The zero-order valence-electron chi connectivity index (χ0n) is 16.7. The number of nitrogens with one attached hydrogen (secondary N) is 2. The van der Waals surface area contributed by atoms with Crippen LogP contribution in [0, 0.1) is 0 Å². The third-order valence-corrected chi connectivity index (χ3v) is 6.01. The minimum atomic E-state index is -4.32. The number of benzene rings is 1. The van der Waals surface area contributed by atoms with Crippen LogP contribution in [0.4, 0.5) is 13.2 Å².